The number of rotatable bonds is 10. The number of hydrogen-bond acceptors (Lipinski definition) is 6. The molecular formula is C33H36ClN3O6S. The van der Waals surface area contributed by atoms with Crippen LogP contribution in [0.4, 0.5) is 0 Å². The van der Waals surface area contributed by atoms with Gasteiger partial charge in [0, 0.05) is 35.3 Å². The minimum absolute atomic E-state index is 0.0533. The molecule has 2 aromatic rings. The summed E-state index contributed by atoms with van der Waals surface area (Å²) in [4.78, 5) is 42.4. The predicted octanol–water partition coefficient (Wildman–Crippen LogP) is 4.26. The molecule has 44 heavy (non-hydrogen) atoms. The Bertz CT molecular complexity index is 1610. The van der Waals surface area contributed by atoms with Gasteiger partial charge in [-0.1, -0.05) is 72.8 Å². The van der Waals surface area contributed by atoms with Crippen molar-refractivity contribution in [3.8, 4) is 12.3 Å². The van der Waals surface area contributed by atoms with E-state index in [1.54, 1.807) is 65.6 Å². The Hall–Kier alpha value is -3.91. The first kappa shape index (κ1) is 33.0. The normalized spacial score (nSPS) is 22.3. The van der Waals surface area contributed by atoms with Crippen LogP contribution in [0.1, 0.15) is 69.9 Å². The summed E-state index contributed by atoms with van der Waals surface area (Å²) in [5.74, 6) is 0.428. The summed E-state index contributed by atoms with van der Waals surface area (Å²) >= 11 is 6.22. The van der Waals surface area contributed by atoms with Crippen molar-refractivity contribution in [1.29, 1.82) is 0 Å². The fourth-order valence-corrected chi connectivity index (χ4v) is 7.14. The molecule has 1 fully saturated rings. The number of carbonyl (C=O) groups excluding carboxylic acids is 3. The third-order valence-electron chi connectivity index (χ3n) is 7.99. The number of terminal acetylenes is 1. The zero-order chi connectivity index (χ0) is 31.9. The van der Waals surface area contributed by atoms with E-state index in [1.807, 2.05) is 0 Å². The smallest absolute Gasteiger partial charge is 0.338 e. The quantitative estimate of drug-likeness (QED) is 0.228. The van der Waals surface area contributed by atoms with Crippen LogP contribution in [0.3, 0.4) is 0 Å². The number of halogens is 1. The van der Waals surface area contributed by atoms with Gasteiger partial charge in [0.25, 0.3) is 5.91 Å². The van der Waals surface area contributed by atoms with Gasteiger partial charge in [0.15, 0.2) is 0 Å². The zero-order valence-corrected chi connectivity index (χ0v) is 26.2. The fraction of sp³-hybridized carbons (Fsp3) is 0.364. The van der Waals surface area contributed by atoms with Crippen LogP contribution < -0.4 is 10.0 Å². The number of esters is 1. The first-order valence-electron chi connectivity index (χ1n) is 14.4. The van der Waals surface area contributed by atoms with Crippen LogP contribution >= 0.6 is 11.6 Å². The molecule has 9 nitrogen and oxygen atoms in total. The molecule has 11 heteroatoms. The lowest BCUT2D eigenvalue weighted by molar-refractivity contribution is -0.124. The number of nitrogens with one attached hydrogen (secondary N) is 2. The van der Waals surface area contributed by atoms with Crippen molar-refractivity contribution >= 4 is 39.4 Å². The van der Waals surface area contributed by atoms with Crippen LogP contribution in [0.25, 0.3) is 0 Å². The van der Waals surface area contributed by atoms with Gasteiger partial charge in [-0.2, -0.15) is 0 Å². The van der Waals surface area contributed by atoms with Crippen molar-refractivity contribution in [2.24, 2.45) is 0 Å². The minimum atomic E-state index is -3.57. The average Bonchev–Trinajstić information content (AvgIpc) is 3.00. The van der Waals surface area contributed by atoms with Crippen molar-refractivity contribution < 1.29 is 27.5 Å². The molecule has 0 radical (unpaired) electrons. The maximum absolute atomic E-state index is 14.2. The Morgan fingerprint density at radius 3 is 2.57 bits per heavy atom. The Kier molecular flexibility index (Phi) is 11.0. The van der Waals surface area contributed by atoms with Crippen LogP contribution in [0, 0.1) is 12.3 Å². The van der Waals surface area contributed by atoms with Crippen LogP contribution in [-0.4, -0.2) is 62.6 Å². The number of amides is 2. The van der Waals surface area contributed by atoms with Crippen molar-refractivity contribution in [2.75, 3.05) is 13.4 Å². The van der Waals surface area contributed by atoms with Gasteiger partial charge in [-0.3, -0.25) is 9.59 Å². The number of methoxy groups -OCH3 is 1. The molecule has 4 atom stereocenters. The third kappa shape index (κ3) is 7.78. The van der Waals surface area contributed by atoms with E-state index in [0.29, 0.717) is 40.1 Å². The van der Waals surface area contributed by atoms with Crippen LogP contribution in [0.2, 0.25) is 0 Å². The second-order valence-electron chi connectivity index (χ2n) is 10.9. The lowest BCUT2D eigenvalue weighted by atomic mass is 9.77. The largest absolute Gasteiger partial charge is 0.465 e. The molecule has 1 aliphatic carbocycles. The molecule has 0 saturated heterocycles. The zero-order valence-electron chi connectivity index (χ0n) is 24.7. The number of sulfonamides is 1. The molecular weight excluding hydrogens is 602 g/mol. The van der Waals surface area contributed by atoms with Gasteiger partial charge in [0.2, 0.25) is 15.9 Å². The van der Waals surface area contributed by atoms with E-state index in [4.69, 9.17) is 22.8 Å². The number of hydrogen-bond donors (Lipinski definition) is 2. The highest BCUT2D eigenvalue weighted by atomic mass is 35.5. The Morgan fingerprint density at radius 2 is 1.84 bits per heavy atom. The molecule has 0 spiro atoms. The minimum Gasteiger partial charge on any atom is -0.465 e. The van der Waals surface area contributed by atoms with Crippen molar-refractivity contribution in [3.05, 3.63) is 94.0 Å². The van der Waals surface area contributed by atoms with E-state index in [1.165, 1.54) is 13.2 Å². The molecule has 1 saturated carbocycles. The number of benzene rings is 2. The molecule has 2 aromatic carbocycles. The van der Waals surface area contributed by atoms with Gasteiger partial charge in [-0.05, 0) is 48.6 Å². The van der Waals surface area contributed by atoms with Crippen LogP contribution in [0.15, 0.2) is 71.8 Å². The summed E-state index contributed by atoms with van der Waals surface area (Å²) in [6.07, 6.45) is 14.2. The van der Waals surface area contributed by atoms with Gasteiger partial charge in [-0.25, -0.2) is 17.9 Å². The molecule has 2 amide bonds. The van der Waals surface area contributed by atoms with E-state index in [2.05, 4.69) is 16.0 Å². The van der Waals surface area contributed by atoms with Crippen molar-refractivity contribution in [1.82, 2.24) is 14.9 Å². The van der Waals surface area contributed by atoms with Crippen LogP contribution in [-0.2, 0) is 26.1 Å². The standard InChI is InChI=1S/C33H36ClN3O6S/c1-4-12-23(34)14-11-20-29-30(31(38)35-21-22-13-5-6-15-24(22)33(40)43-2)25-16-7-8-17-26(25)32(39)37(29)28-19-10-9-18-27(28)36-44(3,41)42/h1,5-8,11-17,27-30,36H,9-10,18-21H2,2-3H3,(H,35,38)/b14-11-,23-12+/t27-,28-,29-,30+/m0/s1. The monoisotopic (exact) mass is 637 g/mol. The molecule has 0 aromatic heterocycles. The summed E-state index contributed by atoms with van der Waals surface area (Å²) < 4.78 is 32.3. The lowest BCUT2D eigenvalue weighted by Gasteiger charge is -2.48. The van der Waals surface area contributed by atoms with E-state index in [9.17, 15) is 22.8 Å². The van der Waals surface area contributed by atoms with Crippen molar-refractivity contribution in [2.45, 2.75) is 62.7 Å². The highest BCUT2D eigenvalue weighted by molar-refractivity contribution is 7.88. The van der Waals surface area contributed by atoms with Gasteiger partial charge in [0.1, 0.15) is 0 Å². The topological polar surface area (TPSA) is 122 Å². The average molecular weight is 638 g/mol. The van der Waals surface area contributed by atoms with Gasteiger partial charge in [-0.15, -0.1) is 6.42 Å². The fourth-order valence-electron chi connectivity index (χ4n) is 6.16. The maximum atomic E-state index is 14.2. The number of fused-ring (bicyclic) bond motifs is 1. The maximum Gasteiger partial charge on any atom is 0.338 e. The molecule has 2 aliphatic rings. The Morgan fingerprint density at radius 1 is 1.14 bits per heavy atom. The first-order valence-corrected chi connectivity index (χ1v) is 16.6. The number of carbonyl (C=O) groups is 3. The summed E-state index contributed by atoms with van der Waals surface area (Å²) in [7, 11) is -2.28. The summed E-state index contributed by atoms with van der Waals surface area (Å²) in [5, 5.41) is 3.30. The summed E-state index contributed by atoms with van der Waals surface area (Å²) in [6, 6.07) is 12.2. The van der Waals surface area contributed by atoms with E-state index >= 15 is 0 Å². The van der Waals surface area contributed by atoms with Gasteiger partial charge >= 0.3 is 5.97 Å². The molecule has 4 rings (SSSR count). The Balaban J connectivity index is 1.77. The molecule has 0 unspecified atom stereocenters. The molecule has 1 heterocycles. The second-order valence-corrected chi connectivity index (χ2v) is 13.1. The lowest BCUT2D eigenvalue weighted by Crippen LogP contribution is -2.62. The number of allylic oxidation sites excluding steroid dienone is 3. The molecule has 0 bridgehead atoms. The van der Waals surface area contributed by atoms with Crippen LogP contribution in [0.5, 0.6) is 0 Å². The SMILES string of the molecule is C#C/C=C(Cl)\C=C/C[C@H]1[C@H](C(=O)NCc2ccccc2C(=O)OC)c2ccccc2C(=O)N1[C@H]1CCCC[C@@H]1NS(C)(=O)=O. The van der Waals surface area contributed by atoms with E-state index < -0.39 is 40.0 Å². The first-order chi connectivity index (χ1) is 21.1. The highest BCUT2D eigenvalue weighted by Crippen LogP contribution is 2.40. The Labute approximate surface area is 263 Å². The van der Waals surface area contributed by atoms with E-state index in [0.717, 1.165) is 19.1 Å². The summed E-state index contributed by atoms with van der Waals surface area (Å²) in [6.45, 7) is 0.0533. The summed E-state index contributed by atoms with van der Waals surface area (Å²) in [5.41, 5.74) is 1.87. The molecule has 232 valence electrons. The second kappa shape index (κ2) is 14.7. The molecule has 1 aliphatic heterocycles. The van der Waals surface area contributed by atoms with Crippen molar-refractivity contribution in [3.63, 3.8) is 0 Å². The third-order valence-corrected chi connectivity index (χ3v) is 8.96. The number of nitrogens with zero attached hydrogens (tertiary/aromatic N) is 1. The molecule has 2 N–H and O–H groups in total. The van der Waals surface area contributed by atoms with Gasteiger partial charge in [0.05, 0.1) is 30.9 Å². The predicted molar refractivity (Wildman–Crippen MR) is 169 cm³/mol. The highest BCUT2D eigenvalue weighted by Gasteiger charge is 2.47. The number of ether oxygens (including phenoxy) is 1. The van der Waals surface area contributed by atoms with Gasteiger partial charge < -0.3 is 15.0 Å². The van der Waals surface area contributed by atoms with E-state index in [-0.39, 0.29) is 24.8 Å².